The van der Waals surface area contributed by atoms with Gasteiger partial charge in [0.25, 0.3) is 0 Å². The summed E-state index contributed by atoms with van der Waals surface area (Å²) < 4.78 is 0. The molecule has 2 N–H and O–H groups in total. The van der Waals surface area contributed by atoms with Crippen LogP contribution in [0.3, 0.4) is 0 Å². The summed E-state index contributed by atoms with van der Waals surface area (Å²) in [6.07, 6.45) is -1.06. The summed E-state index contributed by atoms with van der Waals surface area (Å²) in [7, 11) is 0. The van der Waals surface area contributed by atoms with Crippen LogP contribution in [0.25, 0.3) is 0 Å². The maximum Gasteiger partial charge on any atom is 0.165 e. The zero-order valence-corrected chi connectivity index (χ0v) is 8.24. The van der Waals surface area contributed by atoms with Gasteiger partial charge in [-0.15, -0.1) is 0 Å². The topological polar surface area (TPSA) is 57.5 Å². The van der Waals surface area contributed by atoms with E-state index in [1.165, 1.54) is 0 Å². The highest BCUT2D eigenvalue weighted by atomic mass is 35.5. The van der Waals surface area contributed by atoms with Crippen molar-refractivity contribution in [3.05, 3.63) is 34.9 Å². The Morgan fingerprint density at radius 2 is 1.93 bits per heavy atom. The van der Waals surface area contributed by atoms with Gasteiger partial charge in [-0.1, -0.05) is 11.6 Å². The summed E-state index contributed by atoms with van der Waals surface area (Å²) in [6.45, 7) is -0.403. The van der Waals surface area contributed by atoms with Crippen molar-refractivity contribution in [2.45, 2.75) is 12.5 Å². The van der Waals surface area contributed by atoms with Crippen LogP contribution in [0, 0.1) is 0 Å². The standard InChI is InChI=1S/C10H11ClO3/c11-8-3-1-7(2-4-8)10(14)5-9(13)6-12/h1-4,9,12-13H,5-6H2. The lowest BCUT2D eigenvalue weighted by atomic mass is 10.1. The minimum absolute atomic E-state index is 0.0713. The first-order valence-corrected chi connectivity index (χ1v) is 4.59. The molecule has 0 spiro atoms. The van der Waals surface area contributed by atoms with Gasteiger partial charge in [0.2, 0.25) is 0 Å². The van der Waals surface area contributed by atoms with Gasteiger partial charge in [-0.2, -0.15) is 0 Å². The predicted octanol–water partition coefficient (Wildman–Crippen LogP) is 1.27. The molecule has 4 heteroatoms. The highest BCUT2D eigenvalue weighted by molar-refractivity contribution is 6.30. The van der Waals surface area contributed by atoms with E-state index < -0.39 is 12.7 Å². The van der Waals surface area contributed by atoms with Crippen LogP contribution < -0.4 is 0 Å². The minimum Gasteiger partial charge on any atom is -0.394 e. The number of hydrogen-bond donors (Lipinski definition) is 2. The average molecular weight is 215 g/mol. The molecule has 0 amide bonds. The molecule has 1 aromatic rings. The van der Waals surface area contributed by atoms with Gasteiger partial charge in [0.1, 0.15) is 0 Å². The predicted molar refractivity (Wildman–Crippen MR) is 53.5 cm³/mol. The molecule has 1 unspecified atom stereocenters. The van der Waals surface area contributed by atoms with E-state index in [0.29, 0.717) is 10.6 Å². The number of carbonyl (C=O) groups is 1. The molecule has 14 heavy (non-hydrogen) atoms. The second-order valence-corrected chi connectivity index (χ2v) is 3.41. The fourth-order valence-corrected chi connectivity index (χ4v) is 1.16. The van der Waals surface area contributed by atoms with Crippen LogP contribution in [0.15, 0.2) is 24.3 Å². The molecule has 0 aliphatic rings. The van der Waals surface area contributed by atoms with E-state index >= 15 is 0 Å². The number of ketones is 1. The Balaban J connectivity index is 2.65. The van der Waals surface area contributed by atoms with Crippen molar-refractivity contribution < 1.29 is 15.0 Å². The van der Waals surface area contributed by atoms with Gasteiger partial charge < -0.3 is 10.2 Å². The second kappa shape index (κ2) is 5.10. The smallest absolute Gasteiger partial charge is 0.165 e. The van der Waals surface area contributed by atoms with Crippen LogP contribution in [0.2, 0.25) is 5.02 Å². The Kier molecular flexibility index (Phi) is 4.07. The number of halogens is 1. The van der Waals surface area contributed by atoms with Crippen molar-refractivity contribution in [3.63, 3.8) is 0 Å². The van der Waals surface area contributed by atoms with Gasteiger partial charge in [-0.3, -0.25) is 4.79 Å². The zero-order valence-electron chi connectivity index (χ0n) is 7.48. The van der Waals surface area contributed by atoms with Crippen LogP contribution in [-0.4, -0.2) is 28.7 Å². The first kappa shape index (κ1) is 11.2. The molecule has 0 bridgehead atoms. The number of benzene rings is 1. The maximum absolute atomic E-state index is 11.4. The molecule has 0 heterocycles. The quantitative estimate of drug-likeness (QED) is 0.742. The number of hydrogen-bond acceptors (Lipinski definition) is 3. The fourth-order valence-electron chi connectivity index (χ4n) is 1.03. The fraction of sp³-hybridized carbons (Fsp3) is 0.300. The lowest BCUT2D eigenvalue weighted by Crippen LogP contribution is -2.17. The summed E-state index contributed by atoms with van der Waals surface area (Å²) in [6, 6.07) is 6.41. The van der Waals surface area contributed by atoms with Crippen LogP contribution >= 0.6 is 11.6 Å². The highest BCUT2D eigenvalue weighted by Crippen LogP contribution is 2.11. The molecule has 0 aliphatic carbocycles. The van der Waals surface area contributed by atoms with Gasteiger partial charge in [0.05, 0.1) is 12.7 Å². The second-order valence-electron chi connectivity index (χ2n) is 2.97. The Hall–Kier alpha value is -0.900. The molecule has 3 nitrogen and oxygen atoms in total. The molecule has 0 fully saturated rings. The molecule has 76 valence electrons. The third kappa shape index (κ3) is 3.10. The highest BCUT2D eigenvalue weighted by Gasteiger charge is 2.11. The molecule has 0 saturated heterocycles. The van der Waals surface area contributed by atoms with Crippen molar-refractivity contribution in [2.75, 3.05) is 6.61 Å². The number of rotatable bonds is 4. The SMILES string of the molecule is O=C(CC(O)CO)c1ccc(Cl)cc1. The molecule has 0 radical (unpaired) electrons. The van der Waals surface area contributed by atoms with E-state index in [0.717, 1.165) is 0 Å². The van der Waals surface area contributed by atoms with Crippen LogP contribution in [-0.2, 0) is 0 Å². The first-order valence-electron chi connectivity index (χ1n) is 4.21. The van der Waals surface area contributed by atoms with Gasteiger partial charge in [-0.25, -0.2) is 0 Å². The van der Waals surface area contributed by atoms with Crippen molar-refractivity contribution >= 4 is 17.4 Å². The Morgan fingerprint density at radius 1 is 1.36 bits per heavy atom. The first-order chi connectivity index (χ1) is 6.63. The molecular weight excluding hydrogens is 204 g/mol. The maximum atomic E-state index is 11.4. The lowest BCUT2D eigenvalue weighted by molar-refractivity contribution is 0.0703. The van der Waals surface area contributed by atoms with Crippen molar-refractivity contribution in [1.82, 2.24) is 0 Å². The molecule has 1 aromatic carbocycles. The third-order valence-electron chi connectivity index (χ3n) is 1.80. The molecule has 1 rings (SSSR count). The van der Waals surface area contributed by atoms with Crippen LogP contribution in [0.1, 0.15) is 16.8 Å². The number of aliphatic hydroxyl groups is 2. The van der Waals surface area contributed by atoms with Gasteiger partial charge in [0.15, 0.2) is 5.78 Å². The third-order valence-corrected chi connectivity index (χ3v) is 2.05. The number of Topliss-reactive ketones (excluding diaryl/α,β-unsaturated/α-hetero) is 1. The average Bonchev–Trinajstić information content (AvgIpc) is 2.18. The zero-order chi connectivity index (χ0) is 10.6. The Labute approximate surface area is 86.9 Å². The molecule has 0 aromatic heterocycles. The summed E-state index contributed by atoms with van der Waals surface area (Å²) in [5.41, 5.74) is 0.488. The van der Waals surface area contributed by atoms with Crippen molar-refractivity contribution in [2.24, 2.45) is 0 Å². The minimum atomic E-state index is -0.988. The van der Waals surface area contributed by atoms with E-state index in [9.17, 15) is 4.79 Å². The van der Waals surface area contributed by atoms with E-state index in [1.807, 2.05) is 0 Å². The van der Waals surface area contributed by atoms with Crippen molar-refractivity contribution in [3.8, 4) is 0 Å². The number of carbonyl (C=O) groups excluding carboxylic acids is 1. The van der Waals surface area contributed by atoms with Gasteiger partial charge in [-0.05, 0) is 24.3 Å². The van der Waals surface area contributed by atoms with Crippen LogP contribution in [0.5, 0.6) is 0 Å². The Morgan fingerprint density at radius 3 is 2.43 bits per heavy atom. The summed E-state index contributed by atoms with van der Waals surface area (Å²) in [4.78, 5) is 11.4. The van der Waals surface area contributed by atoms with E-state index in [4.69, 9.17) is 21.8 Å². The molecule has 0 aliphatic heterocycles. The molecular formula is C10H11ClO3. The van der Waals surface area contributed by atoms with Crippen molar-refractivity contribution in [1.29, 1.82) is 0 Å². The summed E-state index contributed by atoms with van der Waals surface area (Å²) in [5, 5.41) is 18.2. The van der Waals surface area contributed by atoms with Gasteiger partial charge in [0, 0.05) is 17.0 Å². The number of aliphatic hydroxyl groups excluding tert-OH is 2. The van der Waals surface area contributed by atoms with Gasteiger partial charge >= 0.3 is 0 Å². The summed E-state index contributed by atoms with van der Waals surface area (Å²) >= 11 is 5.65. The lowest BCUT2D eigenvalue weighted by Gasteiger charge is -2.05. The molecule has 1 atom stereocenters. The van der Waals surface area contributed by atoms with E-state index in [-0.39, 0.29) is 12.2 Å². The normalized spacial score (nSPS) is 12.5. The Bertz CT molecular complexity index is 308. The monoisotopic (exact) mass is 214 g/mol. The molecule has 0 saturated carbocycles. The van der Waals surface area contributed by atoms with E-state index in [1.54, 1.807) is 24.3 Å². The van der Waals surface area contributed by atoms with E-state index in [2.05, 4.69) is 0 Å². The van der Waals surface area contributed by atoms with Crippen LogP contribution in [0.4, 0.5) is 0 Å². The largest absolute Gasteiger partial charge is 0.394 e. The summed E-state index contributed by atoms with van der Waals surface area (Å²) in [5.74, 6) is -0.205.